The first kappa shape index (κ1) is 8.85. The van der Waals surface area contributed by atoms with E-state index in [1.54, 1.807) is 0 Å². The summed E-state index contributed by atoms with van der Waals surface area (Å²) in [5.41, 5.74) is 0. The smallest absolute Gasteiger partial charge is 0.191 e. The van der Waals surface area contributed by atoms with E-state index in [1.807, 2.05) is 0 Å². The van der Waals surface area contributed by atoms with Crippen molar-refractivity contribution in [3.05, 3.63) is 0 Å². The normalized spacial score (nSPS) is 33.8. The Bertz CT molecular complexity index is 200. The molecule has 2 rings (SSSR count). The van der Waals surface area contributed by atoms with Gasteiger partial charge < -0.3 is 10.6 Å². The van der Waals surface area contributed by atoms with E-state index in [-0.39, 0.29) is 0 Å². The molecule has 1 heterocycles. The van der Waals surface area contributed by atoms with Gasteiger partial charge in [0, 0.05) is 19.1 Å². The van der Waals surface area contributed by atoms with Crippen LogP contribution < -0.4 is 10.6 Å². The molecule has 13 heavy (non-hydrogen) atoms. The Morgan fingerprint density at radius 1 is 1.38 bits per heavy atom. The van der Waals surface area contributed by atoms with Crippen LogP contribution in [0.15, 0.2) is 4.99 Å². The second kappa shape index (κ2) is 3.99. The van der Waals surface area contributed by atoms with E-state index in [2.05, 4.69) is 22.5 Å². The largest absolute Gasteiger partial charge is 0.356 e. The zero-order valence-electron chi connectivity index (χ0n) is 8.34. The van der Waals surface area contributed by atoms with E-state index < -0.39 is 0 Å². The van der Waals surface area contributed by atoms with Crippen LogP contribution in [0.3, 0.4) is 0 Å². The Balaban J connectivity index is 1.85. The van der Waals surface area contributed by atoms with Crippen molar-refractivity contribution in [3.63, 3.8) is 0 Å². The Morgan fingerprint density at radius 2 is 2.31 bits per heavy atom. The lowest BCUT2D eigenvalue weighted by atomic mass is 10.1. The maximum absolute atomic E-state index is 4.42. The predicted octanol–water partition coefficient (Wildman–Crippen LogP) is 1.11. The Hall–Kier alpha value is -0.730. The molecule has 3 heteroatoms. The molecular weight excluding hydrogens is 162 g/mol. The van der Waals surface area contributed by atoms with Crippen LogP contribution >= 0.6 is 0 Å². The maximum Gasteiger partial charge on any atom is 0.191 e. The molecular formula is C10H19N3. The van der Waals surface area contributed by atoms with Crippen molar-refractivity contribution in [2.75, 3.05) is 13.1 Å². The summed E-state index contributed by atoms with van der Waals surface area (Å²) < 4.78 is 0. The van der Waals surface area contributed by atoms with Crippen molar-refractivity contribution in [1.82, 2.24) is 10.6 Å². The minimum absolute atomic E-state index is 0.657. The Kier molecular flexibility index (Phi) is 2.71. The lowest BCUT2D eigenvalue weighted by Crippen LogP contribution is -2.46. The minimum Gasteiger partial charge on any atom is -0.356 e. The first-order valence-electron chi connectivity index (χ1n) is 5.41. The molecule has 2 aliphatic rings. The highest BCUT2D eigenvalue weighted by Gasteiger charge is 2.24. The van der Waals surface area contributed by atoms with Gasteiger partial charge >= 0.3 is 0 Å². The van der Waals surface area contributed by atoms with Crippen molar-refractivity contribution in [1.29, 1.82) is 0 Å². The molecule has 0 bridgehead atoms. The van der Waals surface area contributed by atoms with Crippen LogP contribution in [0, 0.1) is 5.92 Å². The number of aliphatic imine (C=N–C) groups is 1. The molecule has 1 aliphatic heterocycles. The summed E-state index contributed by atoms with van der Waals surface area (Å²) in [7, 11) is 0. The summed E-state index contributed by atoms with van der Waals surface area (Å²) in [6.45, 7) is 4.39. The van der Waals surface area contributed by atoms with Crippen LogP contribution in [0.4, 0.5) is 0 Å². The molecule has 2 unspecified atom stereocenters. The fourth-order valence-electron chi connectivity index (χ4n) is 2.16. The molecule has 1 aliphatic carbocycles. The summed E-state index contributed by atoms with van der Waals surface area (Å²) in [6.07, 6.45) is 5.21. The molecule has 3 nitrogen and oxygen atoms in total. The third-order valence-corrected chi connectivity index (χ3v) is 3.08. The van der Waals surface area contributed by atoms with E-state index in [1.165, 1.54) is 25.7 Å². The van der Waals surface area contributed by atoms with Gasteiger partial charge in [-0.05, 0) is 25.2 Å². The zero-order chi connectivity index (χ0) is 9.10. The number of nitrogens with one attached hydrogen (secondary N) is 2. The standard InChI is InChI=1S/C10H19N3/c1-8-4-2-5-9(8)13-10-11-6-3-7-12-10/h8-9H,2-7H2,1H3,(H2,11,12,13). The van der Waals surface area contributed by atoms with Crippen molar-refractivity contribution in [3.8, 4) is 0 Å². The molecule has 0 spiro atoms. The van der Waals surface area contributed by atoms with Crippen molar-refractivity contribution < 1.29 is 0 Å². The number of hydrogen-bond acceptors (Lipinski definition) is 3. The highest BCUT2D eigenvalue weighted by Crippen LogP contribution is 2.24. The van der Waals surface area contributed by atoms with E-state index in [9.17, 15) is 0 Å². The number of guanidine groups is 1. The first-order valence-corrected chi connectivity index (χ1v) is 5.41. The topological polar surface area (TPSA) is 36.4 Å². The molecule has 2 atom stereocenters. The molecule has 1 saturated carbocycles. The monoisotopic (exact) mass is 181 g/mol. The van der Waals surface area contributed by atoms with Crippen molar-refractivity contribution in [2.45, 2.75) is 38.6 Å². The van der Waals surface area contributed by atoms with Crippen LogP contribution in [-0.2, 0) is 0 Å². The van der Waals surface area contributed by atoms with E-state index in [0.29, 0.717) is 6.04 Å². The quantitative estimate of drug-likeness (QED) is 0.636. The maximum atomic E-state index is 4.42. The minimum atomic E-state index is 0.657. The highest BCUT2D eigenvalue weighted by molar-refractivity contribution is 5.80. The SMILES string of the molecule is CC1CCCC1NC1=NCCCN1. The summed E-state index contributed by atoms with van der Waals surface area (Å²) >= 11 is 0. The van der Waals surface area contributed by atoms with Crippen molar-refractivity contribution in [2.24, 2.45) is 10.9 Å². The van der Waals surface area contributed by atoms with Gasteiger partial charge in [0.05, 0.1) is 0 Å². The molecule has 0 aromatic carbocycles. The molecule has 2 N–H and O–H groups in total. The van der Waals surface area contributed by atoms with Gasteiger partial charge in [0.25, 0.3) is 0 Å². The van der Waals surface area contributed by atoms with Crippen LogP contribution in [0.2, 0.25) is 0 Å². The lowest BCUT2D eigenvalue weighted by molar-refractivity contribution is 0.477. The van der Waals surface area contributed by atoms with Gasteiger partial charge in [0.2, 0.25) is 0 Å². The molecule has 1 fully saturated rings. The zero-order valence-corrected chi connectivity index (χ0v) is 8.34. The van der Waals surface area contributed by atoms with E-state index >= 15 is 0 Å². The highest BCUT2D eigenvalue weighted by atomic mass is 15.2. The van der Waals surface area contributed by atoms with E-state index in [0.717, 1.165) is 25.0 Å². The molecule has 74 valence electrons. The Labute approximate surface area is 80.0 Å². The summed E-state index contributed by atoms with van der Waals surface area (Å²) in [4.78, 5) is 4.42. The summed E-state index contributed by atoms with van der Waals surface area (Å²) in [6, 6.07) is 0.657. The van der Waals surface area contributed by atoms with Crippen LogP contribution in [0.25, 0.3) is 0 Å². The fourth-order valence-corrected chi connectivity index (χ4v) is 2.16. The number of rotatable bonds is 1. The van der Waals surface area contributed by atoms with Crippen molar-refractivity contribution >= 4 is 5.96 Å². The Morgan fingerprint density at radius 3 is 2.92 bits per heavy atom. The number of hydrogen-bond donors (Lipinski definition) is 2. The third kappa shape index (κ3) is 2.14. The van der Waals surface area contributed by atoms with Crippen LogP contribution in [-0.4, -0.2) is 25.1 Å². The molecule has 0 amide bonds. The van der Waals surface area contributed by atoms with Gasteiger partial charge in [-0.2, -0.15) is 0 Å². The first-order chi connectivity index (χ1) is 6.36. The summed E-state index contributed by atoms with van der Waals surface area (Å²) in [5.74, 6) is 1.84. The van der Waals surface area contributed by atoms with Gasteiger partial charge in [-0.3, -0.25) is 4.99 Å². The second-order valence-corrected chi connectivity index (χ2v) is 4.17. The fraction of sp³-hybridized carbons (Fsp3) is 0.900. The predicted molar refractivity (Wildman–Crippen MR) is 54.9 cm³/mol. The second-order valence-electron chi connectivity index (χ2n) is 4.17. The van der Waals surface area contributed by atoms with Gasteiger partial charge in [-0.1, -0.05) is 13.3 Å². The van der Waals surface area contributed by atoms with Crippen LogP contribution in [0.5, 0.6) is 0 Å². The summed E-state index contributed by atoms with van der Waals surface area (Å²) in [5, 5.41) is 6.81. The van der Waals surface area contributed by atoms with Gasteiger partial charge in [-0.15, -0.1) is 0 Å². The average Bonchev–Trinajstić information content (AvgIpc) is 2.54. The third-order valence-electron chi connectivity index (χ3n) is 3.08. The van der Waals surface area contributed by atoms with Gasteiger partial charge in [0.15, 0.2) is 5.96 Å². The van der Waals surface area contributed by atoms with Crippen LogP contribution in [0.1, 0.15) is 32.6 Å². The molecule has 0 saturated heterocycles. The molecule has 0 aromatic rings. The molecule has 0 radical (unpaired) electrons. The number of nitrogens with zero attached hydrogens (tertiary/aromatic N) is 1. The molecule has 0 aromatic heterocycles. The van der Waals surface area contributed by atoms with Gasteiger partial charge in [0.1, 0.15) is 0 Å². The van der Waals surface area contributed by atoms with E-state index in [4.69, 9.17) is 0 Å². The lowest BCUT2D eigenvalue weighted by Gasteiger charge is -2.22. The van der Waals surface area contributed by atoms with Gasteiger partial charge in [-0.25, -0.2) is 0 Å². The average molecular weight is 181 g/mol.